The van der Waals surface area contributed by atoms with Crippen molar-refractivity contribution in [2.24, 2.45) is 4.99 Å². The number of halogens is 3. The van der Waals surface area contributed by atoms with Gasteiger partial charge in [0.1, 0.15) is 12.1 Å². The summed E-state index contributed by atoms with van der Waals surface area (Å²) in [5.74, 6) is 1.36. The van der Waals surface area contributed by atoms with E-state index in [0.29, 0.717) is 30.4 Å². The van der Waals surface area contributed by atoms with Gasteiger partial charge in [-0.25, -0.2) is 4.99 Å². The molecular weight excluding hydrogens is 505 g/mol. The SMILES string of the molecule is CCNC(=NCc1ccccc1OC(F)F)NCc1nncn1-c1ccccc1.I. The van der Waals surface area contributed by atoms with E-state index in [0.717, 1.165) is 5.69 Å². The summed E-state index contributed by atoms with van der Waals surface area (Å²) in [6, 6.07) is 16.4. The second-order valence-corrected chi connectivity index (χ2v) is 5.99. The number of benzene rings is 2. The summed E-state index contributed by atoms with van der Waals surface area (Å²) in [5, 5.41) is 14.5. The normalized spacial score (nSPS) is 11.1. The van der Waals surface area contributed by atoms with Crippen molar-refractivity contribution in [1.29, 1.82) is 0 Å². The van der Waals surface area contributed by atoms with E-state index in [-0.39, 0.29) is 36.3 Å². The number of aliphatic imine (C=N–C) groups is 1. The quantitative estimate of drug-likeness (QED) is 0.265. The van der Waals surface area contributed by atoms with Gasteiger partial charge in [0.25, 0.3) is 0 Å². The van der Waals surface area contributed by atoms with Crippen molar-refractivity contribution >= 4 is 29.9 Å². The highest BCUT2D eigenvalue weighted by molar-refractivity contribution is 14.0. The molecule has 0 unspecified atom stereocenters. The summed E-state index contributed by atoms with van der Waals surface area (Å²) in [4.78, 5) is 4.47. The molecule has 0 radical (unpaired) electrons. The summed E-state index contributed by atoms with van der Waals surface area (Å²) >= 11 is 0. The maximum absolute atomic E-state index is 12.6. The molecule has 1 aromatic heterocycles. The van der Waals surface area contributed by atoms with Crippen LogP contribution < -0.4 is 15.4 Å². The molecule has 0 saturated heterocycles. The number of nitrogens with zero attached hydrogens (tertiary/aromatic N) is 4. The van der Waals surface area contributed by atoms with Crippen LogP contribution in [0.2, 0.25) is 0 Å². The number of hydrogen-bond acceptors (Lipinski definition) is 4. The molecule has 3 rings (SSSR count). The third kappa shape index (κ3) is 6.65. The monoisotopic (exact) mass is 528 g/mol. The van der Waals surface area contributed by atoms with Crippen LogP contribution in [0.4, 0.5) is 8.78 Å². The number of alkyl halides is 2. The third-order valence-electron chi connectivity index (χ3n) is 4.01. The minimum atomic E-state index is -2.88. The van der Waals surface area contributed by atoms with Crippen molar-refractivity contribution in [3.8, 4) is 11.4 Å². The Morgan fingerprint density at radius 2 is 1.83 bits per heavy atom. The van der Waals surface area contributed by atoms with Crippen LogP contribution in [0.15, 0.2) is 65.9 Å². The molecule has 0 spiro atoms. The van der Waals surface area contributed by atoms with E-state index in [1.54, 1.807) is 24.5 Å². The first kappa shape index (κ1) is 23.5. The minimum Gasteiger partial charge on any atom is -0.434 e. The van der Waals surface area contributed by atoms with Crippen LogP contribution in [0.1, 0.15) is 18.3 Å². The van der Waals surface area contributed by atoms with Gasteiger partial charge in [-0.05, 0) is 25.1 Å². The zero-order chi connectivity index (χ0) is 20.5. The molecule has 0 atom stereocenters. The fourth-order valence-corrected chi connectivity index (χ4v) is 2.70. The second-order valence-electron chi connectivity index (χ2n) is 5.99. The molecule has 0 aliphatic rings. The van der Waals surface area contributed by atoms with Crippen LogP contribution in [0.3, 0.4) is 0 Å². The van der Waals surface area contributed by atoms with Gasteiger partial charge in [0, 0.05) is 17.8 Å². The lowest BCUT2D eigenvalue weighted by Crippen LogP contribution is -2.37. The average Bonchev–Trinajstić information content (AvgIpc) is 3.20. The molecule has 0 saturated carbocycles. The van der Waals surface area contributed by atoms with Crippen molar-refractivity contribution < 1.29 is 13.5 Å². The Balaban J connectivity index is 0.00000320. The minimum absolute atomic E-state index is 0. The van der Waals surface area contributed by atoms with Crippen LogP contribution in [0.25, 0.3) is 5.69 Å². The van der Waals surface area contributed by atoms with E-state index >= 15 is 0 Å². The van der Waals surface area contributed by atoms with E-state index < -0.39 is 6.61 Å². The standard InChI is InChI=1S/C20H22F2N6O.HI/c1-2-23-20(24-12-15-8-6-7-11-17(15)29-19(21)22)25-13-18-27-26-14-28(18)16-9-4-3-5-10-16;/h3-11,14,19H,2,12-13H2,1H3,(H2,23,24,25);1H. The number of guanidine groups is 1. The fourth-order valence-electron chi connectivity index (χ4n) is 2.70. The van der Waals surface area contributed by atoms with Crippen LogP contribution in [0, 0.1) is 0 Å². The van der Waals surface area contributed by atoms with Crippen molar-refractivity contribution in [2.75, 3.05) is 6.54 Å². The number of rotatable bonds is 8. The van der Waals surface area contributed by atoms with E-state index in [9.17, 15) is 8.78 Å². The molecule has 0 aliphatic carbocycles. The maximum Gasteiger partial charge on any atom is 0.387 e. The van der Waals surface area contributed by atoms with Crippen molar-refractivity contribution in [3.05, 3.63) is 72.3 Å². The van der Waals surface area contributed by atoms with Crippen LogP contribution in [0.5, 0.6) is 5.75 Å². The van der Waals surface area contributed by atoms with Gasteiger partial charge in [-0.1, -0.05) is 36.4 Å². The van der Waals surface area contributed by atoms with Crippen molar-refractivity contribution in [3.63, 3.8) is 0 Å². The van der Waals surface area contributed by atoms with Crippen LogP contribution in [-0.2, 0) is 13.1 Å². The van der Waals surface area contributed by atoms with Crippen molar-refractivity contribution in [1.82, 2.24) is 25.4 Å². The third-order valence-corrected chi connectivity index (χ3v) is 4.01. The summed E-state index contributed by atoms with van der Waals surface area (Å²) in [6.45, 7) is 0.277. The Labute approximate surface area is 190 Å². The summed E-state index contributed by atoms with van der Waals surface area (Å²) in [5.41, 5.74) is 1.52. The lowest BCUT2D eigenvalue weighted by molar-refractivity contribution is -0.0504. The molecule has 160 valence electrons. The van der Waals surface area contributed by atoms with Crippen molar-refractivity contribution in [2.45, 2.75) is 26.6 Å². The highest BCUT2D eigenvalue weighted by Crippen LogP contribution is 2.21. The second kappa shape index (κ2) is 12.1. The number of para-hydroxylation sites is 2. The van der Waals surface area contributed by atoms with Gasteiger partial charge < -0.3 is 15.4 Å². The molecule has 0 amide bonds. The summed E-state index contributed by atoms with van der Waals surface area (Å²) in [7, 11) is 0. The van der Waals surface area contributed by atoms with Gasteiger partial charge in [-0.2, -0.15) is 8.78 Å². The van der Waals surface area contributed by atoms with Gasteiger partial charge in [0.15, 0.2) is 11.8 Å². The van der Waals surface area contributed by atoms with Crippen LogP contribution >= 0.6 is 24.0 Å². The molecule has 0 bridgehead atoms. The molecule has 3 aromatic rings. The lowest BCUT2D eigenvalue weighted by atomic mass is 10.2. The predicted octanol–water partition coefficient (Wildman–Crippen LogP) is 3.74. The van der Waals surface area contributed by atoms with E-state index in [2.05, 4.69) is 30.6 Å². The first-order chi connectivity index (χ1) is 14.2. The van der Waals surface area contributed by atoms with Gasteiger partial charge in [-0.3, -0.25) is 4.57 Å². The Morgan fingerprint density at radius 3 is 2.57 bits per heavy atom. The predicted molar refractivity (Wildman–Crippen MR) is 122 cm³/mol. The Bertz CT molecular complexity index is 936. The summed E-state index contributed by atoms with van der Waals surface area (Å²) < 4.78 is 31.6. The van der Waals surface area contributed by atoms with Gasteiger partial charge in [0.05, 0.1) is 13.1 Å². The Kier molecular flexibility index (Phi) is 9.45. The molecule has 10 heteroatoms. The van der Waals surface area contributed by atoms with Crippen LogP contribution in [-0.4, -0.2) is 33.9 Å². The molecule has 7 nitrogen and oxygen atoms in total. The molecular formula is C20H23F2IN6O. The molecule has 0 fully saturated rings. The largest absolute Gasteiger partial charge is 0.434 e. The number of aromatic nitrogens is 3. The zero-order valence-corrected chi connectivity index (χ0v) is 18.7. The number of nitrogens with one attached hydrogen (secondary N) is 2. The smallest absolute Gasteiger partial charge is 0.387 e. The summed E-state index contributed by atoms with van der Waals surface area (Å²) in [6.07, 6.45) is 1.65. The Morgan fingerprint density at radius 1 is 1.10 bits per heavy atom. The number of ether oxygens (including phenoxy) is 1. The van der Waals surface area contributed by atoms with Gasteiger partial charge in [-0.15, -0.1) is 34.2 Å². The molecule has 2 N–H and O–H groups in total. The maximum atomic E-state index is 12.6. The topological polar surface area (TPSA) is 76.4 Å². The van der Waals surface area contributed by atoms with E-state index in [1.807, 2.05) is 41.8 Å². The van der Waals surface area contributed by atoms with Gasteiger partial charge >= 0.3 is 6.61 Å². The highest BCUT2D eigenvalue weighted by atomic mass is 127. The van der Waals surface area contributed by atoms with Gasteiger partial charge in [0.2, 0.25) is 0 Å². The fraction of sp³-hybridized carbons (Fsp3) is 0.250. The molecule has 1 heterocycles. The number of hydrogen-bond donors (Lipinski definition) is 2. The highest BCUT2D eigenvalue weighted by Gasteiger charge is 2.10. The molecule has 30 heavy (non-hydrogen) atoms. The molecule has 2 aromatic carbocycles. The first-order valence-electron chi connectivity index (χ1n) is 9.16. The van der Waals surface area contributed by atoms with E-state index in [4.69, 9.17) is 0 Å². The lowest BCUT2D eigenvalue weighted by Gasteiger charge is -2.13. The Hall–Kier alpha value is -2.76. The van der Waals surface area contributed by atoms with E-state index in [1.165, 1.54) is 6.07 Å². The average molecular weight is 528 g/mol. The molecule has 0 aliphatic heterocycles. The zero-order valence-electron chi connectivity index (χ0n) is 16.3. The first-order valence-corrected chi connectivity index (χ1v) is 9.16.